The molecular weight excluding hydrogens is 297 g/mol. The van der Waals surface area contributed by atoms with Crippen LogP contribution in [-0.4, -0.2) is 19.7 Å². The number of hydrogen-bond acceptors (Lipinski definition) is 3. The molecule has 2 aromatic rings. The minimum atomic E-state index is -4.38. The van der Waals surface area contributed by atoms with Gasteiger partial charge in [-0.2, -0.15) is 13.2 Å². The third-order valence-electron chi connectivity index (χ3n) is 2.98. The molecule has 22 heavy (non-hydrogen) atoms. The van der Waals surface area contributed by atoms with Crippen LogP contribution in [0.2, 0.25) is 0 Å². The molecular formula is C16H13F3O3. The Morgan fingerprint density at radius 1 is 1.05 bits per heavy atom. The molecule has 0 aliphatic rings. The maximum atomic E-state index is 12.6. The molecule has 0 bridgehead atoms. The van der Waals surface area contributed by atoms with Gasteiger partial charge in [0.1, 0.15) is 5.75 Å². The second-order valence-corrected chi connectivity index (χ2v) is 4.44. The van der Waals surface area contributed by atoms with Crippen LogP contribution in [0.5, 0.6) is 5.75 Å². The molecule has 0 radical (unpaired) electrons. The van der Waals surface area contributed by atoms with Gasteiger partial charge in [-0.1, -0.05) is 30.3 Å². The Hall–Kier alpha value is -2.50. The highest BCUT2D eigenvalue weighted by Crippen LogP contribution is 2.33. The molecule has 0 aromatic heterocycles. The normalized spacial score (nSPS) is 11.1. The van der Waals surface area contributed by atoms with E-state index in [9.17, 15) is 18.0 Å². The van der Waals surface area contributed by atoms with Gasteiger partial charge in [0.15, 0.2) is 6.61 Å². The summed E-state index contributed by atoms with van der Waals surface area (Å²) in [6, 6.07) is 11.5. The van der Waals surface area contributed by atoms with Gasteiger partial charge in [-0.05, 0) is 23.8 Å². The predicted octanol–water partition coefficient (Wildman–Crippen LogP) is 3.92. The lowest BCUT2D eigenvalue weighted by atomic mass is 10.0. The van der Waals surface area contributed by atoms with E-state index in [0.717, 1.165) is 12.1 Å². The lowest BCUT2D eigenvalue weighted by Gasteiger charge is -2.12. The Balaban J connectivity index is 2.27. The first-order chi connectivity index (χ1) is 10.4. The maximum absolute atomic E-state index is 12.6. The Kier molecular flexibility index (Phi) is 4.70. The van der Waals surface area contributed by atoms with Crippen molar-refractivity contribution in [3.8, 4) is 16.9 Å². The minimum Gasteiger partial charge on any atom is -0.481 e. The van der Waals surface area contributed by atoms with E-state index in [4.69, 9.17) is 4.74 Å². The Labute approximate surface area is 125 Å². The lowest BCUT2D eigenvalue weighted by Crippen LogP contribution is -2.12. The van der Waals surface area contributed by atoms with Crippen molar-refractivity contribution in [1.29, 1.82) is 0 Å². The lowest BCUT2D eigenvalue weighted by molar-refractivity contribution is -0.143. The number of halogens is 3. The van der Waals surface area contributed by atoms with Gasteiger partial charge in [0, 0.05) is 5.56 Å². The van der Waals surface area contributed by atoms with Crippen LogP contribution in [0.15, 0.2) is 48.5 Å². The van der Waals surface area contributed by atoms with Gasteiger partial charge in [0.05, 0.1) is 12.7 Å². The predicted molar refractivity (Wildman–Crippen MR) is 74.4 cm³/mol. The summed E-state index contributed by atoms with van der Waals surface area (Å²) in [4.78, 5) is 11.1. The van der Waals surface area contributed by atoms with Crippen molar-refractivity contribution in [2.75, 3.05) is 13.7 Å². The highest BCUT2D eigenvalue weighted by molar-refractivity contribution is 5.73. The van der Waals surface area contributed by atoms with Crippen molar-refractivity contribution < 1.29 is 27.4 Å². The van der Waals surface area contributed by atoms with Gasteiger partial charge in [0.2, 0.25) is 0 Å². The third kappa shape index (κ3) is 3.78. The molecule has 0 aliphatic carbocycles. The van der Waals surface area contributed by atoms with E-state index in [1.807, 2.05) is 0 Å². The van der Waals surface area contributed by atoms with Crippen molar-refractivity contribution in [2.45, 2.75) is 6.18 Å². The highest BCUT2D eigenvalue weighted by atomic mass is 19.4. The summed E-state index contributed by atoms with van der Waals surface area (Å²) < 4.78 is 47.5. The fraction of sp³-hybridized carbons (Fsp3) is 0.188. The fourth-order valence-corrected chi connectivity index (χ4v) is 1.87. The first-order valence-electron chi connectivity index (χ1n) is 6.38. The van der Waals surface area contributed by atoms with Crippen molar-refractivity contribution >= 4 is 5.97 Å². The second-order valence-electron chi connectivity index (χ2n) is 4.44. The van der Waals surface area contributed by atoms with Crippen molar-refractivity contribution in [3.05, 3.63) is 54.1 Å². The van der Waals surface area contributed by atoms with Gasteiger partial charge < -0.3 is 9.47 Å². The van der Waals surface area contributed by atoms with Crippen LogP contribution in [0.25, 0.3) is 11.1 Å². The average molecular weight is 310 g/mol. The van der Waals surface area contributed by atoms with E-state index in [0.29, 0.717) is 16.9 Å². The van der Waals surface area contributed by atoms with Gasteiger partial charge in [-0.25, -0.2) is 4.79 Å². The minimum absolute atomic E-state index is 0.270. The fourth-order valence-electron chi connectivity index (χ4n) is 1.87. The summed E-state index contributed by atoms with van der Waals surface area (Å²) in [7, 11) is 1.24. The topological polar surface area (TPSA) is 35.5 Å². The number of carbonyl (C=O) groups excluding carboxylic acids is 1. The molecule has 0 heterocycles. The number of alkyl halides is 3. The molecule has 0 spiro atoms. The second kappa shape index (κ2) is 6.51. The number of para-hydroxylation sites is 1. The number of ether oxygens (including phenoxy) is 2. The summed E-state index contributed by atoms with van der Waals surface area (Å²) in [5.41, 5.74) is 0.442. The van der Waals surface area contributed by atoms with Crippen LogP contribution < -0.4 is 4.74 Å². The Morgan fingerprint density at radius 2 is 1.68 bits per heavy atom. The van der Waals surface area contributed by atoms with Crippen LogP contribution in [0.3, 0.4) is 0 Å². The summed E-state index contributed by atoms with van der Waals surface area (Å²) in [6.45, 7) is -0.270. The molecule has 3 nitrogen and oxygen atoms in total. The summed E-state index contributed by atoms with van der Waals surface area (Å²) in [5.74, 6) is -0.144. The van der Waals surface area contributed by atoms with E-state index in [2.05, 4.69) is 4.74 Å². The third-order valence-corrected chi connectivity index (χ3v) is 2.98. The summed E-state index contributed by atoms with van der Waals surface area (Å²) >= 11 is 0. The van der Waals surface area contributed by atoms with Gasteiger partial charge >= 0.3 is 12.1 Å². The highest BCUT2D eigenvalue weighted by Gasteiger charge is 2.30. The van der Waals surface area contributed by atoms with Crippen molar-refractivity contribution in [1.82, 2.24) is 0 Å². The molecule has 0 aliphatic heterocycles. The van der Waals surface area contributed by atoms with Gasteiger partial charge in [0.25, 0.3) is 0 Å². The number of esters is 1. The van der Waals surface area contributed by atoms with Crippen LogP contribution in [-0.2, 0) is 15.7 Å². The number of rotatable bonds is 4. The van der Waals surface area contributed by atoms with E-state index in [1.165, 1.54) is 19.2 Å². The van der Waals surface area contributed by atoms with E-state index in [-0.39, 0.29) is 6.61 Å². The monoisotopic (exact) mass is 310 g/mol. The van der Waals surface area contributed by atoms with Gasteiger partial charge in [-0.15, -0.1) is 0 Å². The van der Waals surface area contributed by atoms with Crippen LogP contribution >= 0.6 is 0 Å². The van der Waals surface area contributed by atoms with Crippen LogP contribution in [0, 0.1) is 0 Å². The molecule has 0 atom stereocenters. The molecule has 0 saturated heterocycles. The summed E-state index contributed by atoms with van der Waals surface area (Å²) in [5, 5.41) is 0. The molecule has 0 unspecified atom stereocenters. The Morgan fingerprint density at radius 3 is 2.27 bits per heavy atom. The molecule has 0 fully saturated rings. The number of methoxy groups -OCH3 is 1. The van der Waals surface area contributed by atoms with Crippen LogP contribution in [0.4, 0.5) is 13.2 Å². The molecule has 0 amide bonds. The Bertz CT molecular complexity index is 648. The molecule has 0 saturated carbocycles. The summed E-state index contributed by atoms with van der Waals surface area (Å²) in [6.07, 6.45) is -4.38. The zero-order valence-corrected chi connectivity index (χ0v) is 11.7. The number of hydrogen-bond donors (Lipinski definition) is 0. The standard InChI is InChI=1S/C16H13F3O3/c1-21-15(20)10-22-14-5-3-2-4-13(14)11-6-8-12(9-7-11)16(17,18)19/h2-9H,10H2,1H3. The first kappa shape index (κ1) is 15.9. The SMILES string of the molecule is COC(=O)COc1ccccc1-c1ccc(C(F)(F)F)cc1. The largest absolute Gasteiger partial charge is 0.481 e. The van der Waals surface area contributed by atoms with Gasteiger partial charge in [-0.3, -0.25) is 0 Å². The molecule has 116 valence electrons. The smallest absolute Gasteiger partial charge is 0.416 e. The molecule has 2 rings (SSSR count). The van der Waals surface area contributed by atoms with E-state index in [1.54, 1.807) is 24.3 Å². The van der Waals surface area contributed by atoms with E-state index < -0.39 is 17.7 Å². The molecule has 2 aromatic carbocycles. The number of carbonyl (C=O) groups is 1. The maximum Gasteiger partial charge on any atom is 0.416 e. The molecule has 0 N–H and O–H groups in total. The molecule has 6 heteroatoms. The average Bonchev–Trinajstić information content (AvgIpc) is 2.52. The van der Waals surface area contributed by atoms with Crippen molar-refractivity contribution in [2.24, 2.45) is 0 Å². The number of benzene rings is 2. The van der Waals surface area contributed by atoms with E-state index >= 15 is 0 Å². The zero-order valence-electron chi connectivity index (χ0n) is 11.7. The van der Waals surface area contributed by atoms with Crippen molar-refractivity contribution in [3.63, 3.8) is 0 Å². The quantitative estimate of drug-likeness (QED) is 0.803. The first-order valence-corrected chi connectivity index (χ1v) is 6.38. The van der Waals surface area contributed by atoms with Crippen LogP contribution in [0.1, 0.15) is 5.56 Å². The zero-order chi connectivity index (χ0) is 16.2.